The van der Waals surface area contributed by atoms with Crippen LogP contribution in [-0.4, -0.2) is 40.2 Å². The maximum Gasteiger partial charge on any atom is 0.129 e. The summed E-state index contributed by atoms with van der Waals surface area (Å²) < 4.78 is 0. The fourth-order valence-corrected chi connectivity index (χ4v) is 3.21. The SMILES string of the molecule is N=CC(C=NCC1CCC(O)CC1)c1cnc2ccc(Cl)nc2c1. The van der Waals surface area contributed by atoms with Crippen molar-refractivity contribution in [1.82, 2.24) is 9.97 Å². The number of fused-ring (bicyclic) bond motifs is 1. The van der Waals surface area contributed by atoms with Gasteiger partial charge in [0, 0.05) is 25.2 Å². The number of aromatic nitrogens is 2. The van der Waals surface area contributed by atoms with Crippen molar-refractivity contribution in [3.05, 3.63) is 35.1 Å². The number of nitrogens with zero attached hydrogens (tertiary/aromatic N) is 3. The largest absolute Gasteiger partial charge is 0.393 e. The molecule has 2 aromatic rings. The van der Waals surface area contributed by atoms with E-state index in [1.807, 2.05) is 18.3 Å². The molecule has 126 valence electrons. The van der Waals surface area contributed by atoms with Crippen LogP contribution in [0.15, 0.2) is 29.4 Å². The normalized spacial score (nSPS) is 22.8. The van der Waals surface area contributed by atoms with Crippen LogP contribution in [0.2, 0.25) is 5.15 Å². The molecule has 1 fully saturated rings. The Morgan fingerprint density at radius 3 is 2.83 bits per heavy atom. The third kappa shape index (κ3) is 4.16. The third-order valence-corrected chi connectivity index (χ3v) is 4.75. The Labute approximate surface area is 146 Å². The maximum absolute atomic E-state index is 9.54. The third-order valence-electron chi connectivity index (χ3n) is 4.53. The quantitative estimate of drug-likeness (QED) is 0.641. The Morgan fingerprint density at radius 1 is 1.29 bits per heavy atom. The van der Waals surface area contributed by atoms with Crippen LogP contribution in [-0.2, 0) is 0 Å². The number of aliphatic hydroxyl groups excluding tert-OH is 1. The van der Waals surface area contributed by atoms with Crippen molar-refractivity contribution in [1.29, 1.82) is 5.41 Å². The predicted octanol–water partition coefficient (Wildman–Crippen LogP) is 3.64. The molecule has 1 saturated carbocycles. The highest BCUT2D eigenvalue weighted by atomic mass is 35.5. The molecule has 0 amide bonds. The minimum Gasteiger partial charge on any atom is -0.393 e. The number of halogens is 1. The first-order valence-electron chi connectivity index (χ1n) is 8.26. The first-order valence-corrected chi connectivity index (χ1v) is 8.64. The lowest BCUT2D eigenvalue weighted by Crippen LogP contribution is -2.20. The molecule has 2 heterocycles. The number of aliphatic hydroxyl groups is 1. The Bertz CT molecular complexity index is 741. The molecule has 0 radical (unpaired) electrons. The van der Waals surface area contributed by atoms with E-state index in [-0.39, 0.29) is 12.0 Å². The molecule has 1 aliphatic rings. The number of rotatable bonds is 5. The molecule has 3 rings (SSSR count). The van der Waals surface area contributed by atoms with E-state index in [9.17, 15) is 5.11 Å². The van der Waals surface area contributed by atoms with E-state index < -0.39 is 0 Å². The Kier molecular flexibility index (Phi) is 5.53. The van der Waals surface area contributed by atoms with Crippen molar-refractivity contribution in [2.75, 3.05) is 6.54 Å². The monoisotopic (exact) mass is 344 g/mol. The average molecular weight is 345 g/mol. The van der Waals surface area contributed by atoms with E-state index in [2.05, 4.69) is 15.0 Å². The fraction of sp³-hybridized carbons (Fsp3) is 0.444. The first kappa shape index (κ1) is 17.0. The van der Waals surface area contributed by atoms with Crippen LogP contribution in [0.1, 0.15) is 37.2 Å². The molecule has 1 aliphatic carbocycles. The van der Waals surface area contributed by atoms with E-state index in [0.717, 1.165) is 48.8 Å². The molecule has 0 aromatic carbocycles. The summed E-state index contributed by atoms with van der Waals surface area (Å²) in [6.45, 7) is 0.752. The molecule has 0 aliphatic heterocycles. The lowest BCUT2D eigenvalue weighted by atomic mass is 9.87. The molecular weight excluding hydrogens is 324 g/mol. The second-order valence-corrected chi connectivity index (χ2v) is 6.71. The summed E-state index contributed by atoms with van der Waals surface area (Å²) in [6.07, 6.45) is 8.58. The van der Waals surface area contributed by atoms with Crippen molar-refractivity contribution in [2.45, 2.75) is 37.7 Å². The summed E-state index contributed by atoms with van der Waals surface area (Å²) in [5.74, 6) is 0.322. The van der Waals surface area contributed by atoms with Crippen LogP contribution < -0.4 is 0 Å². The van der Waals surface area contributed by atoms with Crippen molar-refractivity contribution < 1.29 is 5.11 Å². The van der Waals surface area contributed by atoms with Gasteiger partial charge < -0.3 is 10.5 Å². The van der Waals surface area contributed by atoms with Gasteiger partial charge in [-0.25, -0.2) is 4.98 Å². The lowest BCUT2D eigenvalue weighted by molar-refractivity contribution is 0.110. The van der Waals surface area contributed by atoms with Gasteiger partial charge in [-0.05, 0) is 55.4 Å². The molecule has 2 N–H and O–H groups in total. The molecule has 24 heavy (non-hydrogen) atoms. The predicted molar refractivity (Wildman–Crippen MR) is 97.4 cm³/mol. The number of nitrogens with one attached hydrogen (secondary N) is 1. The van der Waals surface area contributed by atoms with Crippen LogP contribution in [0.5, 0.6) is 0 Å². The molecule has 2 aromatic heterocycles. The van der Waals surface area contributed by atoms with Crippen LogP contribution in [0.4, 0.5) is 0 Å². The Morgan fingerprint density at radius 2 is 2.08 bits per heavy atom. The summed E-state index contributed by atoms with van der Waals surface area (Å²) in [4.78, 5) is 13.2. The van der Waals surface area contributed by atoms with Crippen molar-refractivity contribution >= 4 is 35.1 Å². The van der Waals surface area contributed by atoms with Gasteiger partial charge in [0.15, 0.2) is 0 Å². The van der Waals surface area contributed by atoms with E-state index in [4.69, 9.17) is 17.0 Å². The second-order valence-electron chi connectivity index (χ2n) is 6.32. The maximum atomic E-state index is 9.54. The number of pyridine rings is 2. The van der Waals surface area contributed by atoms with Crippen molar-refractivity contribution in [3.8, 4) is 0 Å². The smallest absolute Gasteiger partial charge is 0.129 e. The molecule has 1 atom stereocenters. The minimum absolute atomic E-state index is 0.137. The van der Waals surface area contributed by atoms with Crippen LogP contribution >= 0.6 is 11.6 Å². The zero-order valence-corrected chi connectivity index (χ0v) is 14.2. The van der Waals surface area contributed by atoms with Gasteiger partial charge in [-0.15, -0.1) is 0 Å². The first-order chi connectivity index (χ1) is 11.7. The van der Waals surface area contributed by atoms with Gasteiger partial charge in [0.2, 0.25) is 0 Å². The summed E-state index contributed by atoms with van der Waals surface area (Å²) in [6, 6.07) is 5.46. The minimum atomic E-state index is -0.211. The number of hydrogen-bond donors (Lipinski definition) is 2. The number of hydrogen-bond acceptors (Lipinski definition) is 5. The molecule has 6 heteroatoms. The molecule has 0 saturated heterocycles. The lowest BCUT2D eigenvalue weighted by Gasteiger charge is -2.23. The van der Waals surface area contributed by atoms with Crippen molar-refractivity contribution in [3.63, 3.8) is 0 Å². The highest BCUT2D eigenvalue weighted by molar-refractivity contribution is 6.29. The summed E-state index contributed by atoms with van der Waals surface area (Å²) >= 11 is 5.94. The van der Waals surface area contributed by atoms with Crippen LogP contribution in [0.25, 0.3) is 11.0 Å². The van der Waals surface area contributed by atoms with Gasteiger partial charge in [-0.1, -0.05) is 11.6 Å². The molecule has 1 unspecified atom stereocenters. The zero-order valence-electron chi connectivity index (χ0n) is 13.4. The summed E-state index contributed by atoms with van der Waals surface area (Å²) in [5, 5.41) is 17.6. The van der Waals surface area contributed by atoms with E-state index in [1.165, 1.54) is 6.21 Å². The van der Waals surface area contributed by atoms with Crippen LogP contribution in [0, 0.1) is 11.3 Å². The van der Waals surface area contributed by atoms with Gasteiger partial charge in [-0.3, -0.25) is 9.98 Å². The van der Waals surface area contributed by atoms with Crippen LogP contribution in [0.3, 0.4) is 0 Å². The van der Waals surface area contributed by atoms with E-state index in [0.29, 0.717) is 11.1 Å². The Hall–Kier alpha value is -1.85. The van der Waals surface area contributed by atoms with Gasteiger partial charge in [-0.2, -0.15) is 0 Å². The summed E-state index contributed by atoms with van der Waals surface area (Å²) in [7, 11) is 0. The highest BCUT2D eigenvalue weighted by Crippen LogP contribution is 2.24. The fourth-order valence-electron chi connectivity index (χ4n) is 3.06. The van der Waals surface area contributed by atoms with E-state index in [1.54, 1.807) is 12.3 Å². The topological polar surface area (TPSA) is 82.2 Å². The van der Waals surface area contributed by atoms with E-state index >= 15 is 0 Å². The molecule has 5 nitrogen and oxygen atoms in total. The summed E-state index contributed by atoms with van der Waals surface area (Å²) in [5.41, 5.74) is 2.39. The molecule has 0 spiro atoms. The second kappa shape index (κ2) is 7.81. The van der Waals surface area contributed by atoms with Gasteiger partial charge >= 0.3 is 0 Å². The van der Waals surface area contributed by atoms with Gasteiger partial charge in [0.1, 0.15) is 5.15 Å². The average Bonchev–Trinajstić information content (AvgIpc) is 2.59. The zero-order chi connectivity index (χ0) is 16.9. The molecule has 0 bridgehead atoms. The standard InChI is InChI=1S/C18H21ClN4O/c19-18-6-5-16-17(23-18)7-13(11-22-16)14(8-20)10-21-9-12-1-3-15(24)4-2-12/h5-8,10-12,14-15,20,24H,1-4,9H2. The van der Waals surface area contributed by atoms with Crippen molar-refractivity contribution in [2.24, 2.45) is 10.9 Å². The highest BCUT2D eigenvalue weighted by Gasteiger charge is 2.18. The van der Waals surface area contributed by atoms with Gasteiger partial charge in [0.05, 0.1) is 23.1 Å². The van der Waals surface area contributed by atoms with Gasteiger partial charge in [0.25, 0.3) is 0 Å². The number of aliphatic imine (C=N–C) groups is 1. The molecular formula is C18H21ClN4O. The Balaban J connectivity index is 1.69.